The summed E-state index contributed by atoms with van der Waals surface area (Å²) in [6, 6.07) is -0.236. The van der Waals surface area contributed by atoms with E-state index in [1.165, 1.54) is 0 Å². The Kier molecular flexibility index (Phi) is 2.45. The van der Waals surface area contributed by atoms with E-state index in [1.807, 2.05) is 6.92 Å². The molecular weight excluding hydrogens is 90.1 g/mol. The second-order valence-electron chi connectivity index (χ2n) is 1.51. The van der Waals surface area contributed by atoms with Crippen molar-refractivity contribution in [3.63, 3.8) is 0 Å². The highest BCUT2D eigenvalue weighted by Crippen LogP contribution is 1.93. The molecule has 1 atom stereocenters. The predicted molar refractivity (Wildman–Crippen MR) is 30.0 cm³/mol. The highest BCUT2D eigenvalue weighted by Gasteiger charge is 1.98. The van der Waals surface area contributed by atoms with Gasteiger partial charge in [0.2, 0.25) is 0 Å². The molecule has 0 aromatic carbocycles. The minimum Gasteiger partial charge on any atom is -0.511 e. The standard InChI is InChI=1S/C5H11NO/c1-3-5(6)4(2)7/h5,7H,2-3,6H2,1H3. The summed E-state index contributed by atoms with van der Waals surface area (Å²) in [4.78, 5) is 0. The summed E-state index contributed by atoms with van der Waals surface area (Å²) in [7, 11) is 0. The highest BCUT2D eigenvalue weighted by atomic mass is 16.3. The Morgan fingerprint density at radius 1 is 2.00 bits per heavy atom. The summed E-state index contributed by atoms with van der Waals surface area (Å²) < 4.78 is 0. The Balaban J connectivity index is 3.34. The molecule has 0 aliphatic heterocycles. The highest BCUT2D eigenvalue weighted by molar-refractivity contribution is 4.90. The van der Waals surface area contributed by atoms with Gasteiger partial charge in [-0.2, -0.15) is 0 Å². The third-order valence-electron chi connectivity index (χ3n) is 0.868. The normalized spacial score (nSPS) is 13.4. The van der Waals surface area contributed by atoms with Crippen LogP contribution in [-0.2, 0) is 0 Å². The van der Waals surface area contributed by atoms with Crippen LogP contribution in [0.5, 0.6) is 0 Å². The van der Waals surface area contributed by atoms with Crippen molar-refractivity contribution in [1.29, 1.82) is 0 Å². The maximum absolute atomic E-state index is 8.50. The Morgan fingerprint density at radius 3 is 2.43 bits per heavy atom. The molecule has 42 valence electrons. The minimum absolute atomic E-state index is 0.0718. The summed E-state index contributed by atoms with van der Waals surface area (Å²) in [6.07, 6.45) is 0.745. The Hall–Kier alpha value is -0.500. The fourth-order valence-corrected chi connectivity index (χ4v) is 0.236. The van der Waals surface area contributed by atoms with Crippen LogP contribution in [0.4, 0.5) is 0 Å². The molecule has 0 aliphatic rings. The van der Waals surface area contributed by atoms with Crippen LogP contribution in [0, 0.1) is 0 Å². The summed E-state index contributed by atoms with van der Waals surface area (Å²) in [5.41, 5.74) is 5.27. The molecule has 0 radical (unpaired) electrons. The second kappa shape index (κ2) is 2.64. The molecule has 2 nitrogen and oxygen atoms in total. The van der Waals surface area contributed by atoms with E-state index < -0.39 is 0 Å². The molecular formula is C5H11NO. The summed E-state index contributed by atoms with van der Waals surface area (Å²) in [6.45, 7) is 5.15. The maximum atomic E-state index is 8.50. The van der Waals surface area contributed by atoms with Gasteiger partial charge >= 0.3 is 0 Å². The second-order valence-corrected chi connectivity index (χ2v) is 1.51. The molecule has 1 unspecified atom stereocenters. The van der Waals surface area contributed by atoms with E-state index in [2.05, 4.69) is 6.58 Å². The van der Waals surface area contributed by atoms with E-state index in [1.54, 1.807) is 0 Å². The van der Waals surface area contributed by atoms with Gasteiger partial charge in [0.05, 0.1) is 6.04 Å². The zero-order valence-corrected chi connectivity index (χ0v) is 4.52. The minimum atomic E-state index is -0.236. The molecule has 0 heterocycles. The first-order chi connectivity index (χ1) is 3.18. The van der Waals surface area contributed by atoms with Crippen molar-refractivity contribution in [2.24, 2.45) is 5.73 Å². The molecule has 0 aromatic heterocycles. The topological polar surface area (TPSA) is 46.2 Å². The van der Waals surface area contributed by atoms with E-state index >= 15 is 0 Å². The SMILES string of the molecule is C=C(O)C(N)CC. The number of hydrogen-bond acceptors (Lipinski definition) is 2. The number of aliphatic hydroxyl groups is 1. The van der Waals surface area contributed by atoms with E-state index in [-0.39, 0.29) is 11.8 Å². The van der Waals surface area contributed by atoms with Gasteiger partial charge in [0, 0.05) is 0 Å². The smallest absolute Gasteiger partial charge is 0.102 e. The van der Waals surface area contributed by atoms with Gasteiger partial charge < -0.3 is 10.8 Å². The molecule has 2 heteroatoms. The van der Waals surface area contributed by atoms with Crippen LogP contribution in [0.15, 0.2) is 12.3 Å². The van der Waals surface area contributed by atoms with E-state index in [0.717, 1.165) is 6.42 Å². The first-order valence-corrected chi connectivity index (χ1v) is 2.31. The van der Waals surface area contributed by atoms with Gasteiger partial charge in [-0.25, -0.2) is 0 Å². The lowest BCUT2D eigenvalue weighted by Gasteiger charge is -2.02. The maximum Gasteiger partial charge on any atom is 0.102 e. The molecule has 3 N–H and O–H groups in total. The van der Waals surface area contributed by atoms with E-state index in [4.69, 9.17) is 10.8 Å². The molecule has 0 amide bonds. The van der Waals surface area contributed by atoms with Crippen LogP contribution >= 0.6 is 0 Å². The van der Waals surface area contributed by atoms with Gasteiger partial charge in [-0.15, -0.1) is 0 Å². The lowest BCUT2D eigenvalue weighted by Crippen LogP contribution is -2.20. The Morgan fingerprint density at radius 2 is 2.43 bits per heavy atom. The first kappa shape index (κ1) is 6.50. The van der Waals surface area contributed by atoms with Crippen molar-refractivity contribution in [3.8, 4) is 0 Å². The molecule has 0 fully saturated rings. The molecule has 0 saturated heterocycles. The number of nitrogens with two attached hydrogens (primary N) is 1. The quantitative estimate of drug-likeness (QED) is 0.505. The average Bonchev–Trinajstić information content (AvgIpc) is 1.65. The average molecular weight is 101 g/mol. The van der Waals surface area contributed by atoms with Crippen molar-refractivity contribution in [1.82, 2.24) is 0 Å². The lowest BCUT2D eigenvalue weighted by molar-refractivity contribution is 0.366. The molecule has 7 heavy (non-hydrogen) atoms. The fraction of sp³-hybridized carbons (Fsp3) is 0.600. The van der Waals surface area contributed by atoms with Crippen LogP contribution < -0.4 is 5.73 Å². The van der Waals surface area contributed by atoms with Crippen LogP contribution in [0.1, 0.15) is 13.3 Å². The fourth-order valence-electron chi connectivity index (χ4n) is 0.236. The summed E-state index contributed by atoms with van der Waals surface area (Å²) >= 11 is 0. The third-order valence-corrected chi connectivity index (χ3v) is 0.868. The van der Waals surface area contributed by atoms with Crippen LogP contribution in [0.2, 0.25) is 0 Å². The summed E-state index contributed by atoms with van der Waals surface area (Å²) in [5.74, 6) is 0.0718. The van der Waals surface area contributed by atoms with Crippen LogP contribution in [0.25, 0.3) is 0 Å². The number of rotatable bonds is 2. The Bertz CT molecular complexity index is 70.5. The van der Waals surface area contributed by atoms with Gasteiger partial charge in [0.25, 0.3) is 0 Å². The van der Waals surface area contributed by atoms with E-state index in [9.17, 15) is 0 Å². The van der Waals surface area contributed by atoms with Crippen molar-refractivity contribution in [2.45, 2.75) is 19.4 Å². The molecule has 0 aromatic rings. The summed E-state index contributed by atoms with van der Waals surface area (Å²) in [5, 5.41) is 8.50. The predicted octanol–water partition coefficient (Wildman–Crippen LogP) is 0.795. The largest absolute Gasteiger partial charge is 0.511 e. The molecule has 0 spiro atoms. The van der Waals surface area contributed by atoms with Crippen molar-refractivity contribution < 1.29 is 5.11 Å². The van der Waals surface area contributed by atoms with Crippen LogP contribution in [-0.4, -0.2) is 11.1 Å². The molecule has 0 bridgehead atoms. The first-order valence-electron chi connectivity index (χ1n) is 2.31. The van der Waals surface area contributed by atoms with E-state index in [0.29, 0.717) is 0 Å². The van der Waals surface area contributed by atoms with Crippen LogP contribution in [0.3, 0.4) is 0 Å². The lowest BCUT2D eigenvalue weighted by atomic mass is 10.2. The third kappa shape index (κ3) is 2.23. The molecule has 0 aliphatic carbocycles. The number of hydrogen-bond donors (Lipinski definition) is 2. The number of aliphatic hydroxyl groups excluding tert-OH is 1. The van der Waals surface area contributed by atoms with Crippen molar-refractivity contribution >= 4 is 0 Å². The molecule has 0 saturated carbocycles. The van der Waals surface area contributed by atoms with Gasteiger partial charge in [-0.3, -0.25) is 0 Å². The van der Waals surface area contributed by atoms with Gasteiger partial charge in [-0.1, -0.05) is 13.5 Å². The Labute approximate surface area is 43.6 Å². The van der Waals surface area contributed by atoms with Gasteiger partial charge in [0.1, 0.15) is 5.76 Å². The van der Waals surface area contributed by atoms with Crippen molar-refractivity contribution in [3.05, 3.63) is 12.3 Å². The zero-order valence-electron chi connectivity index (χ0n) is 4.52. The molecule has 0 rings (SSSR count). The van der Waals surface area contributed by atoms with Gasteiger partial charge in [-0.05, 0) is 6.42 Å². The monoisotopic (exact) mass is 101 g/mol. The zero-order chi connectivity index (χ0) is 5.86. The van der Waals surface area contributed by atoms with Gasteiger partial charge in [0.15, 0.2) is 0 Å². The van der Waals surface area contributed by atoms with Crippen molar-refractivity contribution in [2.75, 3.05) is 0 Å².